The van der Waals surface area contributed by atoms with Gasteiger partial charge in [0.05, 0.1) is 24.3 Å². The van der Waals surface area contributed by atoms with E-state index in [0.717, 1.165) is 30.9 Å². The van der Waals surface area contributed by atoms with Crippen molar-refractivity contribution in [3.8, 4) is 0 Å². The lowest BCUT2D eigenvalue weighted by Crippen LogP contribution is -2.41. The Morgan fingerprint density at radius 2 is 2.47 bits per heavy atom. The quantitative estimate of drug-likeness (QED) is 0.520. The van der Waals surface area contributed by atoms with Crippen LogP contribution in [0.5, 0.6) is 0 Å². The number of aromatic nitrogens is 2. The lowest BCUT2D eigenvalue weighted by molar-refractivity contribution is 0.380. The molecule has 0 saturated carbocycles. The molecule has 2 heterocycles. The SMILES string of the molecule is CC(C)N=C(N)N1CCc2nc[nH]c2C1. The Bertz CT molecular complexity index is 366. The molecular formula is C10H17N5. The zero-order valence-electron chi connectivity index (χ0n) is 9.20. The second-order valence-electron chi connectivity index (χ2n) is 4.08. The Balaban J connectivity index is 2.10. The summed E-state index contributed by atoms with van der Waals surface area (Å²) in [6.07, 6.45) is 2.68. The first-order valence-electron chi connectivity index (χ1n) is 5.26. The fourth-order valence-corrected chi connectivity index (χ4v) is 1.75. The Hall–Kier alpha value is -1.52. The smallest absolute Gasteiger partial charge is 0.191 e. The van der Waals surface area contributed by atoms with E-state index >= 15 is 0 Å². The zero-order chi connectivity index (χ0) is 10.8. The number of aliphatic imine (C=N–C) groups is 1. The predicted octanol–water partition coefficient (Wildman–Crippen LogP) is 0.491. The van der Waals surface area contributed by atoms with Gasteiger partial charge in [0.2, 0.25) is 0 Å². The molecule has 1 aliphatic heterocycles. The summed E-state index contributed by atoms with van der Waals surface area (Å²) >= 11 is 0. The van der Waals surface area contributed by atoms with Gasteiger partial charge >= 0.3 is 0 Å². The molecule has 0 saturated heterocycles. The minimum Gasteiger partial charge on any atom is -0.370 e. The van der Waals surface area contributed by atoms with Crippen molar-refractivity contribution < 1.29 is 0 Å². The molecule has 0 unspecified atom stereocenters. The van der Waals surface area contributed by atoms with Crippen molar-refractivity contribution in [2.75, 3.05) is 6.54 Å². The van der Waals surface area contributed by atoms with Crippen molar-refractivity contribution in [1.82, 2.24) is 14.9 Å². The number of hydrogen-bond donors (Lipinski definition) is 2. The Morgan fingerprint density at radius 1 is 1.67 bits per heavy atom. The first-order valence-corrected chi connectivity index (χ1v) is 5.26. The molecule has 1 aromatic heterocycles. The highest BCUT2D eigenvalue weighted by molar-refractivity contribution is 5.78. The third kappa shape index (κ3) is 2.11. The molecule has 5 nitrogen and oxygen atoms in total. The highest BCUT2D eigenvalue weighted by Gasteiger charge is 2.19. The number of imidazole rings is 1. The van der Waals surface area contributed by atoms with Gasteiger partial charge in [-0.25, -0.2) is 4.98 Å². The molecule has 0 fully saturated rings. The van der Waals surface area contributed by atoms with Crippen LogP contribution in [-0.2, 0) is 13.0 Å². The number of guanidine groups is 1. The first-order chi connectivity index (χ1) is 7.16. The van der Waals surface area contributed by atoms with Crippen LogP contribution in [0.15, 0.2) is 11.3 Å². The summed E-state index contributed by atoms with van der Waals surface area (Å²) in [5.74, 6) is 0.630. The zero-order valence-corrected chi connectivity index (χ0v) is 9.20. The van der Waals surface area contributed by atoms with E-state index in [1.807, 2.05) is 13.8 Å². The average molecular weight is 207 g/mol. The Morgan fingerprint density at radius 3 is 3.20 bits per heavy atom. The van der Waals surface area contributed by atoms with Gasteiger partial charge in [0, 0.05) is 19.0 Å². The average Bonchev–Trinajstić information content (AvgIpc) is 2.62. The maximum atomic E-state index is 5.92. The third-order valence-corrected chi connectivity index (χ3v) is 2.49. The van der Waals surface area contributed by atoms with Crippen LogP contribution in [0, 0.1) is 0 Å². The minimum atomic E-state index is 0.244. The summed E-state index contributed by atoms with van der Waals surface area (Å²) in [5.41, 5.74) is 8.23. The molecule has 0 aliphatic carbocycles. The van der Waals surface area contributed by atoms with Crippen molar-refractivity contribution >= 4 is 5.96 Å². The Kier molecular flexibility index (Phi) is 2.62. The summed E-state index contributed by atoms with van der Waals surface area (Å²) in [6, 6.07) is 0.244. The highest BCUT2D eigenvalue weighted by atomic mass is 15.3. The van der Waals surface area contributed by atoms with E-state index < -0.39 is 0 Å². The fraction of sp³-hybridized carbons (Fsp3) is 0.600. The van der Waals surface area contributed by atoms with Crippen molar-refractivity contribution in [2.45, 2.75) is 32.9 Å². The van der Waals surface area contributed by atoms with Gasteiger partial charge in [0.15, 0.2) is 5.96 Å². The molecule has 1 aliphatic rings. The molecule has 5 heteroatoms. The van der Waals surface area contributed by atoms with E-state index in [-0.39, 0.29) is 6.04 Å². The molecule has 3 N–H and O–H groups in total. The van der Waals surface area contributed by atoms with Gasteiger partial charge in [0.1, 0.15) is 0 Å². The maximum absolute atomic E-state index is 5.92. The van der Waals surface area contributed by atoms with Gasteiger partial charge in [-0.2, -0.15) is 0 Å². The number of nitrogens with two attached hydrogens (primary N) is 1. The monoisotopic (exact) mass is 207 g/mol. The van der Waals surface area contributed by atoms with E-state index in [2.05, 4.69) is 19.9 Å². The van der Waals surface area contributed by atoms with Crippen LogP contribution in [0.25, 0.3) is 0 Å². The predicted molar refractivity (Wildman–Crippen MR) is 59.5 cm³/mol. The molecule has 0 amide bonds. The largest absolute Gasteiger partial charge is 0.370 e. The van der Waals surface area contributed by atoms with E-state index in [4.69, 9.17) is 5.73 Å². The Labute approximate surface area is 89.4 Å². The maximum Gasteiger partial charge on any atom is 0.191 e. The molecule has 15 heavy (non-hydrogen) atoms. The second-order valence-corrected chi connectivity index (χ2v) is 4.08. The number of fused-ring (bicyclic) bond motifs is 1. The number of rotatable bonds is 1. The minimum absolute atomic E-state index is 0.244. The third-order valence-electron chi connectivity index (χ3n) is 2.49. The molecule has 0 bridgehead atoms. The molecular weight excluding hydrogens is 190 g/mol. The first kappa shape index (κ1) is 10.0. The van der Waals surface area contributed by atoms with Gasteiger partial charge in [-0.1, -0.05) is 0 Å². The highest BCUT2D eigenvalue weighted by Crippen LogP contribution is 2.14. The normalized spacial score (nSPS) is 17.0. The summed E-state index contributed by atoms with van der Waals surface area (Å²) in [4.78, 5) is 13.8. The van der Waals surface area contributed by atoms with Gasteiger partial charge in [-0.15, -0.1) is 0 Å². The molecule has 0 spiro atoms. The summed E-state index contributed by atoms with van der Waals surface area (Å²) in [6.45, 7) is 5.74. The number of H-pyrrole nitrogens is 1. The topological polar surface area (TPSA) is 70.3 Å². The fourth-order valence-electron chi connectivity index (χ4n) is 1.75. The number of nitrogens with zero attached hydrogens (tertiary/aromatic N) is 3. The number of nitrogens with one attached hydrogen (secondary N) is 1. The molecule has 82 valence electrons. The summed E-state index contributed by atoms with van der Waals surface area (Å²) in [7, 11) is 0. The lowest BCUT2D eigenvalue weighted by Gasteiger charge is -2.27. The molecule has 2 rings (SSSR count). The molecule has 1 aromatic rings. The number of hydrogen-bond acceptors (Lipinski definition) is 2. The molecule has 0 radical (unpaired) electrons. The van der Waals surface area contributed by atoms with Crippen molar-refractivity contribution in [1.29, 1.82) is 0 Å². The second kappa shape index (κ2) is 3.92. The van der Waals surface area contributed by atoms with Crippen molar-refractivity contribution in [3.63, 3.8) is 0 Å². The standard InChI is InChI=1S/C10H17N5/c1-7(2)14-10(11)15-4-3-8-9(5-15)13-6-12-8/h6-7H,3-5H2,1-2H3,(H2,11,14)(H,12,13). The van der Waals surface area contributed by atoms with Crippen LogP contribution in [-0.4, -0.2) is 33.4 Å². The van der Waals surface area contributed by atoms with Gasteiger partial charge < -0.3 is 15.6 Å². The molecule has 0 aromatic carbocycles. The summed E-state index contributed by atoms with van der Waals surface area (Å²) < 4.78 is 0. The van der Waals surface area contributed by atoms with E-state index in [9.17, 15) is 0 Å². The van der Waals surface area contributed by atoms with Crippen LogP contribution in [0.1, 0.15) is 25.2 Å². The van der Waals surface area contributed by atoms with E-state index in [1.165, 1.54) is 0 Å². The number of aromatic amines is 1. The van der Waals surface area contributed by atoms with Crippen molar-refractivity contribution in [3.05, 3.63) is 17.7 Å². The van der Waals surface area contributed by atoms with E-state index in [1.54, 1.807) is 6.33 Å². The van der Waals surface area contributed by atoms with Crippen LogP contribution in [0.3, 0.4) is 0 Å². The van der Waals surface area contributed by atoms with E-state index in [0.29, 0.717) is 5.96 Å². The van der Waals surface area contributed by atoms with Gasteiger partial charge in [-0.05, 0) is 13.8 Å². The summed E-state index contributed by atoms with van der Waals surface area (Å²) in [5, 5.41) is 0. The van der Waals surface area contributed by atoms with Crippen LogP contribution in [0.4, 0.5) is 0 Å². The molecule has 0 atom stereocenters. The van der Waals surface area contributed by atoms with Gasteiger partial charge in [-0.3, -0.25) is 4.99 Å². The van der Waals surface area contributed by atoms with Crippen LogP contribution in [0.2, 0.25) is 0 Å². The van der Waals surface area contributed by atoms with Crippen LogP contribution < -0.4 is 5.73 Å². The van der Waals surface area contributed by atoms with Crippen LogP contribution >= 0.6 is 0 Å². The van der Waals surface area contributed by atoms with Crippen molar-refractivity contribution in [2.24, 2.45) is 10.7 Å². The van der Waals surface area contributed by atoms with Gasteiger partial charge in [0.25, 0.3) is 0 Å². The lowest BCUT2D eigenvalue weighted by atomic mass is 10.1.